The highest BCUT2D eigenvalue weighted by Gasteiger charge is 2.15. The minimum absolute atomic E-state index is 0.351. The van der Waals surface area contributed by atoms with Crippen LogP contribution in [-0.4, -0.2) is 24.2 Å². The van der Waals surface area contributed by atoms with Crippen molar-refractivity contribution in [1.82, 2.24) is 4.98 Å². The molecule has 0 aliphatic carbocycles. The largest absolute Gasteiger partial charge is 0.494 e. The molecule has 0 atom stereocenters. The molecule has 0 aliphatic heterocycles. The lowest BCUT2D eigenvalue weighted by atomic mass is 10.2. The van der Waals surface area contributed by atoms with Crippen LogP contribution in [0.5, 0.6) is 5.75 Å². The Kier molecular flexibility index (Phi) is 3.58. The molecule has 0 radical (unpaired) electrons. The van der Waals surface area contributed by atoms with Crippen LogP contribution < -0.4 is 4.74 Å². The number of carbonyl (C=O) groups is 1. The summed E-state index contributed by atoms with van der Waals surface area (Å²) in [4.78, 5) is 16.0. The SMILES string of the molecule is CCOC(=O)c1cc(OCC)cc2scnc12. The number of esters is 1. The van der Waals surface area contributed by atoms with Crippen molar-refractivity contribution in [2.24, 2.45) is 0 Å². The lowest BCUT2D eigenvalue weighted by Crippen LogP contribution is -2.06. The minimum atomic E-state index is -0.357. The Morgan fingerprint density at radius 2 is 2.18 bits per heavy atom. The summed E-state index contributed by atoms with van der Waals surface area (Å²) >= 11 is 1.48. The van der Waals surface area contributed by atoms with Gasteiger partial charge in [-0.2, -0.15) is 0 Å². The van der Waals surface area contributed by atoms with Gasteiger partial charge in [-0.15, -0.1) is 11.3 Å². The number of ether oxygens (including phenoxy) is 2. The van der Waals surface area contributed by atoms with E-state index in [1.54, 1.807) is 18.5 Å². The van der Waals surface area contributed by atoms with Crippen molar-refractivity contribution in [3.05, 3.63) is 23.2 Å². The van der Waals surface area contributed by atoms with Gasteiger partial charge in [0, 0.05) is 0 Å². The standard InChI is InChI=1S/C12H13NO3S/c1-3-15-8-5-9(12(14)16-4-2)11-10(6-8)17-7-13-11/h5-7H,3-4H2,1-2H3. The summed E-state index contributed by atoms with van der Waals surface area (Å²) in [6.45, 7) is 4.60. The van der Waals surface area contributed by atoms with Crippen LogP contribution >= 0.6 is 11.3 Å². The first kappa shape index (κ1) is 11.9. The van der Waals surface area contributed by atoms with E-state index in [-0.39, 0.29) is 5.97 Å². The molecule has 0 bridgehead atoms. The van der Waals surface area contributed by atoms with E-state index < -0.39 is 0 Å². The zero-order valence-electron chi connectivity index (χ0n) is 9.73. The van der Waals surface area contributed by atoms with Crippen LogP contribution in [0.15, 0.2) is 17.6 Å². The Morgan fingerprint density at radius 1 is 1.35 bits per heavy atom. The topological polar surface area (TPSA) is 48.4 Å². The van der Waals surface area contributed by atoms with Gasteiger partial charge >= 0.3 is 5.97 Å². The fourth-order valence-electron chi connectivity index (χ4n) is 1.56. The molecule has 0 amide bonds. The number of aromatic nitrogens is 1. The van der Waals surface area contributed by atoms with E-state index in [1.165, 1.54) is 11.3 Å². The van der Waals surface area contributed by atoms with E-state index in [1.807, 2.05) is 13.0 Å². The molecule has 90 valence electrons. The second-order valence-electron chi connectivity index (χ2n) is 3.32. The summed E-state index contributed by atoms with van der Waals surface area (Å²) in [7, 11) is 0. The van der Waals surface area contributed by atoms with E-state index >= 15 is 0 Å². The van der Waals surface area contributed by atoms with E-state index in [9.17, 15) is 4.79 Å². The van der Waals surface area contributed by atoms with Gasteiger partial charge in [0.15, 0.2) is 0 Å². The third kappa shape index (κ3) is 2.39. The van der Waals surface area contributed by atoms with Crippen LogP contribution in [0.25, 0.3) is 10.2 Å². The van der Waals surface area contributed by atoms with Gasteiger partial charge in [-0.3, -0.25) is 0 Å². The Labute approximate surface area is 103 Å². The first-order chi connectivity index (χ1) is 8.26. The fourth-order valence-corrected chi connectivity index (χ4v) is 2.29. The third-order valence-electron chi connectivity index (χ3n) is 2.22. The normalized spacial score (nSPS) is 10.5. The van der Waals surface area contributed by atoms with E-state index in [4.69, 9.17) is 9.47 Å². The molecule has 0 aliphatic rings. The molecule has 4 nitrogen and oxygen atoms in total. The maximum absolute atomic E-state index is 11.8. The van der Waals surface area contributed by atoms with Gasteiger partial charge in [0.1, 0.15) is 5.75 Å². The molecular formula is C12H13NO3S. The van der Waals surface area contributed by atoms with Gasteiger partial charge in [0.05, 0.1) is 34.5 Å². The molecule has 17 heavy (non-hydrogen) atoms. The Bertz CT molecular complexity index is 536. The van der Waals surface area contributed by atoms with Gasteiger partial charge in [0.25, 0.3) is 0 Å². The first-order valence-electron chi connectivity index (χ1n) is 5.43. The van der Waals surface area contributed by atoms with Crippen LogP contribution in [0.1, 0.15) is 24.2 Å². The second-order valence-corrected chi connectivity index (χ2v) is 4.21. The second kappa shape index (κ2) is 5.14. The van der Waals surface area contributed by atoms with Gasteiger partial charge in [-0.25, -0.2) is 9.78 Å². The highest BCUT2D eigenvalue weighted by atomic mass is 32.1. The molecule has 0 saturated heterocycles. The number of thiazole rings is 1. The Hall–Kier alpha value is -1.62. The molecule has 0 N–H and O–H groups in total. The zero-order valence-corrected chi connectivity index (χ0v) is 10.5. The quantitative estimate of drug-likeness (QED) is 0.784. The first-order valence-corrected chi connectivity index (χ1v) is 6.31. The number of fused-ring (bicyclic) bond motifs is 1. The Balaban J connectivity index is 2.50. The maximum Gasteiger partial charge on any atom is 0.340 e. The van der Waals surface area contributed by atoms with Gasteiger partial charge in [-0.1, -0.05) is 0 Å². The van der Waals surface area contributed by atoms with Crippen molar-refractivity contribution in [3.8, 4) is 5.75 Å². The monoisotopic (exact) mass is 251 g/mol. The van der Waals surface area contributed by atoms with Crippen LogP contribution in [0.4, 0.5) is 0 Å². The molecule has 1 aromatic carbocycles. The fraction of sp³-hybridized carbons (Fsp3) is 0.333. The molecular weight excluding hydrogens is 238 g/mol. The van der Waals surface area contributed by atoms with Crippen molar-refractivity contribution >= 4 is 27.5 Å². The van der Waals surface area contributed by atoms with Crippen molar-refractivity contribution in [2.45, 2.75) is 13.8 Å². The molecule has 2 rings (SSSR count). The van der Waals surface area contributed by atoms with Gasteiger partial charge in [-0.05, 0) is 26.0 Å². The predicted octanol–water partition coefficient (Wildman–Crippen LogP) is 2.87. The summed E-state index contributed by atoms with van der Waals surface area (Å²) in [5.41, 5.74) is 2.86. The minimum Gasteiger partial charge on any atom is -0.494 e. The Morgan fingerprint density at radius 3 is 2.88 bits per heavy atom. The number of nitrogens with zero attached hydrogens (tertiary/aromatic N) is 1. The molecule has 2 aromatic rings. The lowest BCUT2D eigenvalue weighted by Gasteiger charge is -2.06. The van der Waals surface area contributed by atoms with Crippen LogP contribution in [0.3, 0.4) is 0 Å². The summed E-state index contributed by atoms with van der Waals surface area (Å²) in [6, 6.07) is 3.57. The van der Waals surface area contributed by atoms with Crippen molar-refractivity contribution in [2.75, 3.05) is 13.2 Å². The molecule has 1 heterocycles. The van der Waals surface area contributed by atoms with Crippen LogP contribution in [0.2, 0.25) is 0 Å². The molecule has 0 spiro atoms. The zero-order chi connectivity index (χ0) is 12.3. The molecule has 1 aromatic heterocycles. The summed E-state index contributed by atoms with van der Waals surface area (Å²) in [6.07, 6.45) is 0. The lowest BCUT2D eigenvalue weighted by molar-refractivity contribution is 0.0528. The van der Waals surface area contributed by atoms with Crippen LogP contribution in [0, 0.1) is 0 Å². The van der Waals surface area contributed by atoms with Crippen molar-refractivity contribution in [3.63, 3.8) is 0 Å². The van der Waals surface area contributed by atoms with E-state index in [2.05, 4.69) is 4.98 Å². The average molecular weight is 251 g/mol. The predicted molar refractivity (Wildman–Crippen MR) is 66.7 cm³/mol. The smallest absolute Gasteiger partial charge is 0.340 e. The van der Waals surface area contributed by atoms with Crippen molar-refractivity contribution < 1.29 is 14.3 Å². The maximum atomic E-state index is 11.8. The molecule has 0 saturated carbocycles. The number of hydrogen-bond donors (Lipinski definition) is 0. The molecule has 5 heteroatoms. The number of carbonyl (C=O) groups excluding carboxylic acids is 1. The van der Waals surface area contributed by atoms with Gasteiger partial charge < -0.3 is 9.47 Å². The van der Waals surface area contributed by atoms with Crippen molar-refractivity contribution in [1.29, 1.82) is 0 Å². The summed E-state index contributed by atoms with van der Waals surface area (Å²) in [5.74, 6) is 0.317. The van der Waals surface area contributed by atoms with E-state index in [0.29, 0.717) is 30.0 Å². The molecule has 0 fully saturated rings. The summed E-state index contributed by atoms with van der Waals surface area (Å²) < 4.78 is 11.4. The number of hydrogen-bond acceptors (Lipinski definition) is 5. The molecule has 0 unspecified atom stereocenters. The van der Waals surface area contributed by atoms with Crippen LogP contribution in [-0.2, 0) is 4.74 Å². The average Bonchev–Trinajstić information content (AvgIpc) is 2.76. The van der Waals surface area contributed by atoms with E-state index in [0.717, 1.165) is 4.70 Å². The third-order valence-corrected chi connectivity index (χ3v) is 2.99. The number of rotatable bonds is 4. The highest BCUT2D eigenvalue weighted by Crippen LogP contribution is 2.28. The van der Waals surface area contributed by atoms with Gasteiger partial charge in [0.2, 0.25) is 0 Å². The highest BCUT2D eigenvalue weighted by molar-refractivity contribution is 7.16. The number of benzene rings is 1. The summed E-state index contributed by atoms with van der Waals surface area (Å²) in [5, 5.41) is 0.